The normalized spacial score (nSPS) is 11.1. The van der Waals surface area contributed by atoms with E-state index in [4.69, 9.17) is 0 Å². The quantitative estimate of drug-likeness (QED) is 0.401. The largest absolute Gasteiger partial charge is 0.330 e. The van der Waals surface area contributed by atoms with Crippen molar-refractivity contribution in [2.24, 2.45) is 14.1 Å². The molecule has 0 spiro atoms. The van der Waals surface area contributed by atoms with Gasteiger partial charge < -0.3 is 0 Å². The molecule has 0 aliphatic rings. The van der Waals surface area contributed by atoms with Crippen LogP contribution in [0.2, 0.25) is 0 Å². The Morgan fingerprint density at radius 1 is 1.04 bits per heavy atom. The molecule has 4 rings (SSSR count). The van der Waals surface area contributed by atoms with Gasteiger partial charge in [0.05, 0.1) is 21.5 Å². The fourth-order valence-electron chi connectivity index (χ4n) is 3.27. The topological polar surface area (TPSA) is 105 Å². The molecule has 28 heavy (non-hydrogen) atoms. The molecule has 0 amide bonds. The number of benzene rings is 1. The Kier molecular flexibility index (Phi) is 3.92. The number of aromatic nitrogens is 4. The van der Waals surface area contributed by atoms with Crippen LogP contribution in [0.1, 0.15) is 0 Å². The van der Waals surface area contributed by atoms with Gasteiger partial charge in [0, 0.05) is 44.2 Å². The molecule has 0 saturated carbocycles. The van der Waals surface area contributed by atoms with Crippen LogP contribution in [0.5, 0.6) is 0 Å². The highest BCUT2D eigenvalue weighted by atomic mass is 16.6. The Bertz CT molecular complexity index is 1350. The summed E-state index contributed by atoms with van der Waals surface area (Å²) in [5, 5.41) is 11.5. The summed E-state index contributed by atoms with van der Waals surface area (Å²) in [4.78, 5) is 40.4. The van der Waals surface area contributed by atoms with Crippen molar-refractivity contribution in [3.8, 4) is 17.1 Å². The van der Waals surface area contributed by atoms with Crippen LogP contribution in [-0.2, 0) is 14.1 Å². The number of nitro groups is 1. The molecule has 0 N–H and O–H groups in total. The molecule has 3 heterocycles. The predicted octanol–water partition coefficient (Wildman–Crippen LogP) is 2.00. The number of aryl methyl sites for hydroxylation is 1. The summed E-state index contributed by atoms with van der Waals surface area (Å²) < 4.78 is 4.06. The average Bonchev–Trinajstić information content (AvgIpc) is 3.12. The van der Waals surface area contributed by atoms with E-state index in [0.29, 0.717) is 22.6 Å². The molecule has 0 radical (unpaired) electrons. The van der Waals surface area contributed by atoms with Crippen LogP contribution in [0.4, 0.5) is 5.69 Å². The van der Waals surface area contributed by atoms with E-state index in [9.17, 15) is 19.7 Å². The van der Waals surface area contributed by atoms with Crippen molar-refractivity contribution >= 4 is 16.6 Å². The van der Waals surface area contributed by atoms with Gasteiger partial charge in [-0.15, -0.1) is 0 Å². The number of non-ortho nitro benzene ring substituents is 1. The van der Waals surface area contributed by atoms with Gasteiger partial charge in [0.25, 0.3) is 11.2 Å². The van der Waals surface area contributed by atoms with Crippen molar-refractivity contribution in [2.75, 3.05) is 0 Å². The van der Waals surface area contributed by atoms with E-state index >= 15 is 0 Å². The molecule has 4 aromatic rings. The van der Waals surface area contributed by atoms with Crippen molar-refractivity contribution in [1.82, 2.24) is 18.7 Å². The fourth-order valence-corrected chi connectivity index (χ4v) is 3.27. The van der Waals surface area contributed by atoms with E-state index in [-0.39, 0.29) is 11.1 Å². The summed E-state index contributed by atoms with van der Waals surface area (Å²) >= 11 is 0. The molecule has 0 unspecified atom stereocenters. The lowest BCUT2D eigenvalue weighted by atomic mass is 10.1. The third-order valence-corrected chi connectivity index (χ3v) is 4.67. The molecule has 0 bridgehead atoms. The van der Waals surface area contributed by atoms with Crippen molar-refractivity contribution < 1.29 is 4.92 Å². The molecule has 3 aromatic heterocycles. The van der Waals surface area contributed by atoms with E-state index < -0.39 is 16.2 Å². The lowest BCUT2D eigenvalue weighted by molar-refractivity contribution is -0.384. The second-order valence-electron chi connectivity index (χ2n) is 6.31. The molecule has 9 heteroatoms. The van der Waals surface area contributed by atoms with Gasteiger partial charge in [-0.05, 0) is 12.1 Å². The van der Waals surface area contributed by atoms with Crippen LogP contribution in [0, 0.1) is 10.1 Å². The molecule has 9 nitrogen and oxygen atoms in total. The van der Waals surface area contributed by atoms with Crippen LogP contribution in [0.25, 0.3) is 28.0 Å². The Hall–Kier alpha value is -4.01. The minimum atomic E-state index is -0.492. The smallest absolute Gasteiger partial charge is 0.298 e. The first-order valence-electron chi connectivity index (χ1n) is 8.37. The maximum atomic E-state index is 12.9. The number of nitrogens with zero attached hydrogens (tertiary/aromatic N) is 5. The van der Waals surface area contributed by atoms with Crippen molar-refractivity contribution in [3.63, 3.8) is 0 Å². The SMILES string of the molecule is Cn1c(=O)c2c(-c3cccc([N+](=O)[O-])c3)n(-c3ccccn3)cc2n(C)c1=O. The van der Waals surface area contributed by atoms with E-state index in [1.165, 1.54) is 23.7 Å². The molecule has 0 atom stereocenters. The maximum absolute atomic E-state index is 12.9. The Balaban J connectivity index is 2.20. The van der Waals surface area contributed by atoms with Gasteiger partial charge in [0.1, 0.15) is 5.82 Å². The third kappa shape index (κ3) is 2.52. The van der Waals surface area contributed by atoms with E-state index in [1.54, 1.807) is 54.3 Å². The summed E-state index contributed by atoms with van der Waals surface area (Å²) in [5.41, 5.74) is 0.302. The number of rotatable bonds is 3. The van der Waals surface area contributed by atoms with Crippen LogP contribution in [0.15, 0.2) is 64.4 Å². The first-order valence-corrected chi connectivity index (χ1v) is 8.37. The van der Waals surface area contributed by atoms with Crippen molar-refractivity contribution in [1.29, 1.82) is 0 Å². The molecule has 0 aliphatic carbocycles. The number of hydrogen-bond acceptors (Lipinski definition) is 5. The zero-order valence-electron chi connectivity index (χ0n) is 15.1. The van der Waals surface area contributed by atoms with Gasteiger partial charge >= 0.3 is 5.69 Å². The van der Waals surface area contributed by atoms with Crippen molar-refractivity contribution in [2.45, 2.75) is 0 Å². The Labute approximate surface area is 157 Å². The fraction of sp³-hybridized carbons (Fsp3) is 0.105. The minimum Gasteiger partial charge on any atom is -0.298 e. The van der Waals surface area contributed by atoms with E-state index in [2.05, 4.69) is 4.98 Å². The summed E-state index contributed by atoms with van der Waals surface area (Å²) in [5.74, 6) is 0.523. The van der Waals surface area contributed by atoms with Crippen LogP contribution < -0.4 is 11.2 Å². The zero-order chi connectivity index (χ0) is 20.0. The van der Waals surface area contributed by atoms with E-state index in [1.807, 2.05) is 0 Å². The number of fused-ring (bicyclic) bond motifs is 1. The summed E-state index contributed by atoms with van der Waals surface area (Å²) in [7, 11) is 2.98. The number of nitro benzene ring substituents is 1. The van der Waals surface area contributed by atoms with Gasteiger partial charge in [0.15, 0.2) is 0 Å². The first kappa shape index (κ1) is 17.4. The highest BCUT2D eigenvalue weighted by molar-refractivity contribution is 5.95. The molecular formula is C19H15N5O4. The highest BCUT2D eigenvalue weighted by Gasteiger charge is 2.21. The number of pyridine rings is 1. The first-order chi connectivity index (χ1) is 13.4. The predicted molar refractivity (Wildman–Crippen MR) is 104 cm³/mol. The van der Waals surface area contributed by atoms with Crippen LogP contribution >= 0.6 is 0 Å². The molecule has 0 aliphatic heterocycles. The van der Waals surface area contributed by atoms with E-state index in [0.717, 1.165) is 4.57 Å². The summed E-state index contributed by atoms with van der Waals surface area (Å²) in [6.45, 7) is 0. The van der Waals surface area contributed by atoms with Crippen molar-refractivity contribution in [3.05, 3.63) is 85.8 Å². The van der Waals surface area contributed by atoms with Crippen LogP contribution in [-0.4, -0.2) is 23.6 Å². The second-order valence-corrected chi connectivity index (χ2v) is 6.31. The zero-order valence-corrected chi connectivity index (χ0v) is 15.1. The molecule has 1 aromatic carbocycles. The summed E-state index contributed by atoms with van der Waals surface area (Å²) in [6, 6.07) is 11.3. The monoisotopic (exact) mass is 377 g/mol. The second kappa shape index (κ2) is 6.31. The van der Waals surface area contributed by atoms with Gasteiger partial charge in [-0.3, -0.25) is 28.6 Å². The lowest BCUT2D eigenvalue weighted by Crippen LogP contribution is -2.36. The Morgan fingerprint density at radius 2 is 1.82 bits per heavy atom. The maximum Gasteiger partial charge on any atom is 0.330 e. The molecule has 0 saturated heterocycles. The molecule has 140 valence electrons. The Morgan fingerprint density at radius 3 is 2.50 bits per heavy atom. The van der Waals surface area contributed by atoms with Gasteiger partial charge in [-0.2, -0.15) is 0 Å². The average molecular weight is 377 g/mol. The standard InChI is InChI=1S/C19H15N5O4/c1-21-14-11-23(15-8-3-4-9-20-15)17(16(14)18(25)22(2)19(21)26)12-6-5-7-13(10-12)24(27)28/h3-11H,1-2H3. The summed E-state index contributed by atoms with van der Waals surface area (Å²) in [6.07, 6.45) is 3.25. The van der Waals surface area contributed by atoms with Gasteiger partial charge in [-0.25, -0.2) is 9.78 Å². The molecular weight excluding hydrogens is 362 g/mol. The van der Waals surface area contributed by atoms with Crippen LogP contribution in [0.3, 0.4) is 0 Å². The molecule has 0 fully saturated rings. The van der Waals surface area contributed by atoms with Gasteiger partial charge in [0.2, 0.25) is 0 Å². The highest BCUT2D eigenvalue weighted by Crippen LogP contribution is 2.32. The third-order valence-electron chi connectivity index (χ3n) is 4.67. The van der Waals surface area contributed by atoms with Gasteiger partial charge in [-0.1, -0.05) is 18.2 Å². The number of hydrogen-bond donors (Lipinski definition) is 0. The minimum absolute atomic E-state index is 0.0962. The lowest BCUT2D eigenvalue weighted by Gasteiger charge is -2.09.